The zero-order valence-electron chi connectivity index (χ0n) is 89.1. The number of amides is 17. The van der Waals surface area contributed by atoms with Gasteiger partial charge in [0.25, 0.3) is 0 Å². The van der Waals surface area contributed by atoms with E-state index >= 15 is 4.79 Å². The molecule has 3 aromatic carbocycles. The van der Waals surface area contributed by atoms with E-state index in [1.807, 2.05) is 65.0 Å². The molecule has 822 valence electrons. The third-order valence-electron chi connectivity index (χ3n) is 26.4. The van der Waals surface area contributed by atoms with Crippen molar-refractivity contribution in [1.29, 1.82) is 0 Å². The van der Waals surface area contributed by atoms with Gasteiger partial charge >= 0.3 is 0 Å². The van der Waals surface area contributed by atoms with Crippen molar-refractivity contribution >= 4 is 107 Å². The van der Waals surface area contributed by atoms with Crippen molar-refractivity contribution in [2.45, 2.75) is 367 Å². The molecule has 0 aromatic heterocycles. The molecule has 17 amide bonds. The van der Waals surface area contributed by atoms with Gasteiger partial charge in [-0.05, 0) is 234 Å². The second kappa shape index (κ2) is 69.3. The number of unbranched alkanes of at least 4 members (excludes halogenated alkanes) is 5. The van der Waals surface area contributed by atoms with E-state index in [2.05, 4.69) is 85.1 Å². The highest BCUT2D eigenvalue weighted by Crippen LogP contribution is 2.25. The van der Waals surface area contributed by atoms with Gasteiger partial charge in [0.1, 0.15) is 96.9 Å². The Morgan fingerprint density at radius 1 is 0.327 bits per heavy atom. The van der Waals surface area contributed by atoms with Gasteiger partial charge in [-0.1, -0.05) is 193 Å². The topological polar surface area (TPSA) is 659 Å². The first-order valence-electron chi connectivity index (χ1n) is 53.0. The van der Waals surface area contributed by atoms with Crippen LogP contribution in [0.3, 0.4) is 0 Å². The van der Waals surface area contributed by atoms with Crippen molar-refractivity contribution in [2.75, 3.05) is 45.8 Å². The second-order valence-electron chi connectivity index (χ2n) is 40.3. The fraction of sp³-hybridized carbons (Fsp3) is 0.660. The van der Waals surface area contributed by atoms with Crippen LogP contribution in [0.5, 0.6) is 0 Å². The molecule has 41 nitrogen and oxygen atoms in total. The Morgan fingerprint density at radius 2 is 0.633 bits per heavy atom. The van der Waals surface area contributed by atoms with Crippen molar-refractivity contribution in [3.8, 4) is 0 Å². The van der Waals surface area contributed by atoms with Crippen LogP contribution in [0, 0.1) is 35.5 Å². The van der Waals surface area contributed by atoms with Gasteiger partial charge in [0.2, 0.25) is 100 Å². The monoisotopic (exact) mass is 2060 g/mol. The summed E-state index contributed by atoms with van der Waals surface area (Å²) in [5.74, 6) is -14.6. The fourth-order valence-corrected chi connectivity index (χ4v) is 17.0. The summed E-state index contributed by atoms with van der Waals surface area (Å²) in [5.41, 5.74) is 37.8. The Hall–Kier alpha value is -11.9. The number of carbonyl (C=O) groups excluding carboxylic acids is 18. The van der Waals surface area contributed by atoms with E-state index in [0.29, 0.717) is 120 Å². The van der Waals surface area contributed by atoms with E-state index in [1.54, 1.807) is 109 Å². The number of likely N-dealkylation sites (tertiary alicyclic amines) is 1. The molecule has 20 atom stereocenters. The molecule has 4 rings (SSSR count). The van der Waals surface area contributed by atoms with Gasteiger partial charge < -0.3 is 129 Å². The van der Waals surface area contributed by atoms with E-state index in [0.717, 1.165) is 5.56 Å². The number of nitrogens with zero attached hydrogens (tertiary/aromatic N) is 1. The standard InChI is InChI=1S/C106H175N23O18/c1-15-67(10)88(104(145)120-77(45-28-33-51-108)94(135)113-62-87(131)117-81(56-64(4)5)101(142)127-89(68(11)16-2)105(146)121-79(47-30-35-53-110)96(137)114-70(13)91(132)122-84(60-73-40-23-19-24-41-73)98(139)116-75(63-130)44-27-32-50-107)126-92(133)71(14)115-95(136)78(46-29-34-52-109)119-103(144)86-49-37-55-129(86)106(147)90(69(12)17-3)128-102(143)83(58-66(8)9)124-97(138)80(48-31-36-54-111)118-100(141)85(61-74-42-25-20-26-43-74)125-99(140)82(57-65(6)7)123-93(134)76(112)59-72-38-21-18-22-39-72/h18-26,38-43,63-71,75-86,88-90H,15-17,27-37,44-62,107-112H2,1-14H3,(H,113,135)(H,114,137)(H,115,136)(H,116,139)(H,117,131)(H,118,141)(H,119,144)(H,120,145)(H,121,146)(H,122,132)(H,123,134)(H,124,138)(H,125,140)(H,126,133)(H,127,142)(H,128,143)/t67-,68-,69-,70-,71-,75-,76-,77-,78-,79-,80-,81-,82-,83-,84-,85-,86-,88-,89-,90-/m0/s1. The van der Waals surface area contributed by atoms with E-state index in [9.17, 15) is 81.5 Å². The highest BCUT2D eigenvalue weighted by molar-refractivity contribution is 6.01. The predicted octanol–water partition coefficient (Wildman–Crippen LogP) is 1.58. The molecular formula is C106H175N23O18. The molecule has 1 saturated heterocycles. The molecule has 3 aromatic rings. The lowest BCUT2D eigenvalue weighted by Crippen LogP contribution is -2.61. The van der Waals surface area contributed by atoms with Crippen LogP contribution in [-0.2, 0) is 106 Å². The van der Waals surface area contributed by atoms with Gasteiger partial charge in [0.05, 0.1) is 18.6 Å². The van der Waals surface area contributed by atoms with Gasteiger partial charge in [0, 0.05) is 19.4 Å². The Morgan fingerprint density at radius 3 is 1.04 bits per heavy atom. The number of aldehydes is 1. The van der Waals surface area contributed by atoms with Crippen LogP contribution in [0.4, 0.5) is 0 Å². The minimum atomic E-state index is -1.36. The van der Waals surface area contributed by atoms with E-state index in [1.165, 1.54) is 18.7 Å². The van der Waals surface area contributed by atoms with Crippen molar-refractivity contribution in [2.24, 2.45) is 69.9 Å². The highest BCUT2D eigenvalue weighted by atomic mass is 16.2. The predicted molar refractivity (Wildman–Crippen MR) is 564 cm³/mol. The van der Waals surface area contributed by atoms with Gasteiger partial charge in [-0.15, -0.1) is 0 Å². The molecule has 0 radical (unpaired) electrons. The first-order chi connectivity index (χ1) is 70.0. The average molecular weight is 2060 g/mol. The van der Waals surface area contributed by atoms with Gasteiger partial charge in [-0.2, -0.15) is 0 Å². The average Bonchev–Trinajstić information content (AvgIpc) is 1.70. The zero-order chi connectivity index (χ0) is 109. The van der Waals surface area contributed by atoms with Crippen LogP contribution >= 0.6 is 0 Å². The molecular weight excluding hydrogens is 1880 g/mol. The normalized spacial score (nSPS) is 16.3. The molecule has 0 bridgehead atoms. The summed E-state index contributed by atoms with van der Waals surface area (Å²) in [6, 6.07) is 6.28. The Labute approximate surface area is 868 Å². The van der Waals surface area contributed by atoms with Gasteiger partial charge in [-0.3, -0.25) is 81.5 Å². The van der Waals surface area contributed by atoms with Crippen LogP contribution in [0.25, 0.3) is 0 Å². The smallest absolute Gasteiger partial charge is 0.246 e. The highest BCUT2D eigenvalue weighted by Gasteiger charge is 2.44. The molecule has 147 heavy (non-hydrogen) atoms. The number of benzene rings is 3. The summed E-state index contributed by atoms with van der Waals surface area (Å²) in [4.78, 5) is 259. The van der Waals surface area contributed by atoms with Crippen LogP contribution in [0.2, 0.25) is 0 Å². The van der Waals surface area contributed by atoms with Crippen LogP contribution < -0.4 is 119 Å². The largest absolute Gasteiger partial charge is 0.345 e. The third kappa shape index (κ3) is 46.6. The summed E-state index contributed by atoms with van der Waals surface area (Å²) < 4.78 is 0. The van der Waals surface area contributed by atoms with E-state index in [-0.39, 0.29) is 121 Å². The van der Waals surface area contributed by atoms with Gasteiger partial charge in [0.15, 0.2) is 0 Å². The van der Waals surface area contributed by atoms with Crippen molar-refractivity contribution in [1.82, 2.24) is 90.0 Å². The molecule has 0 spiro atoms. The Kier molecular flexibility index (Phi) is 60.1. The molecule has 1 aliphatic rings. The summed E-state index contributed by atoms with van der Waals surface area (Å²) in [5, 5.41) is 44.2. The molecule has 28 N–H and O–H groups in total. The second-order valence-corrected chi connectivity index (χ2v) is 40.3. The third-order valence-corrected chi connectivity index (χ3v) is 26.4. The first-order valence-corrected chi connectivity index (χ1v) is 53.0. The number of hydrogen-bond donors (Lipinski definition) is 22. The minimum Gasteiger partial charge on any atom is -0.345 e. The summed E-state index contributed by atoms with van der Waals surface area (Å²) in [7, 11) is 0. The number of nitrogens with one attached hydrogen (secondary N) is 16. The Balaban J connectivity index is 1.50. The molecule has 0 unspecified atom stereocenters. The number of carbonyl (C=O) groups is 18. The number of hydrogen-bond acceptors (Lipinski definition) is 24. The quantitative estimate of drug-likeness (QED) is 0.0282. The van der Waals surface area contributed by atoms with E-state index in [4.69, 9.17) is 34.4 Å². The molecule has 1 heterocycles. The zero-order valence-corrected chi connectivity index (χ0v) is 89.1. The fourth-order valence-electron chi connectivity index (χ4n) is 17.0. The van der Waals surface area contributed by atoms with Gasteiger partial charge in [-0.25, -0.2) is 0 Å². The SMILES string of the molecule is CC[C@H](C)[C@H](NC(=O)[C@H](C)NC(=O)[C@H](CCCCN)NC(=O)[C@@H]1CCCN1C(=O)[C@@H](NC(=O)[C@H](CC(C)C)NC(=O)[C@H](CCCCN)NC(=O)[C@H](Cc1ccccc1)NC(=O)[C@H](CC(C)C)NC(=O)[C@@H](N)Cc1ccccc1)[C@@H](C)CC)C(=O)N[C@@H](CCCCN)C(=O)NCC(=O)N[C@@H](CC(C)C)C(=O)N[C@H](C(=O)N[C@@H](CCCCN)C(=O)N[C@@H](C)C(=O)N[C@@H](Cc1ccccc1)C(=O)N[C@H](C=O)CCCCN)[C@@H](C)CC. The maximum absolute atomic E-state index is 15.2. The van der Waals surface area contributed by atoms with Crippen LogP contribution in [-0.4, -0.2) is 260 Å². The van der Waals surface area contributed by atoms with Crippen LogP contribution in [0.15, 0.2) is 91.0 Å². The number of nitrogens with two attached hydrogens (primary N) is 6. The van der Waals surface area contributed by atoms with Crippen molar-refractivity contribution in [3.05, 3.63) is 108 Å². The summed E-state index contributed by atoms with van der Waals surface area (Å²) >= 11 is 0. The molecule has 0 aliphatic carbocycles. The maximum atomic E-state index is 15.2. The van der Waals surface area contributed by atoms with Crippen LogP contribution in [0.1, 0.15) is 261 Å². The lowest BCUT2D eigenvalue weighted by atomic mass is 9.95. The molecule has 41 heteroatoms. The maximum Gasteiger partial charge on any atom is 0.246 e. The van der Waals surface area contributed by atoms with Crippen molar-refractivity contribution in [3.63, 3.8) is 0 Å². The molecule has 1 aliphatic heterocycles. The molecule has 0 saturated carbocycles. The lowest BCUT2D eigenvalue weighted by Gasteiger charge is -2.33. The summed E-state index contributed by atoms with van der Waals surface area (Å²) in [6.07, 6.45) is 7.64. The first kappa shape index (κ1) is 127. The van der Waals surface area contributed by atoms with Crippen molar-refractivity contribution < 1.29 is 86.3 Å². The Bertz CT molecular complexity index is 4600. The summed E-state index contributed by atoms with van der Waals surface area (Å²) in [6.45, 7) is 25.2. The number of rotatable bonds is 72. The molecule has 1 fully saturated rings. The lowest BCUT2D eigenvalue weighted by molar-refractivity contribution is -0.143. The van der Waals surface area contributed by atoms with E-state index < -0.39 is 227 Å². The minimum absolute atomic E-state index is 0.0178.